The minimum absolute atomic E-state index is 0. The first kappa shape index (κ1) is 20.7. The van der Waals surface area contributed by atoms with E-state index in [1.165, 1.54) is 7.11 Å². The average Bonchev–Trinajstić information content (AvgIpc) is 2.99. The van der Waals surface area contributed by atoms with Crippen LogP contribution in [0, 0.1) is 0 Å². The second-order valence-electron chi connectivity index (χ2n) is 5.91. The molecule has 3 aromatic rings. The number of halogens is 1. The topological polar surface area (TPSA) is 91.4 Å². The average molecular weight is 391 g/mol. The zero-order valence-electron chi connectivity index (χ0n) is 15.2. The van der Waals surface area contributed by atoms with Crippen LogP contribution in [0.5, 0.6) is 5.75 Å². The summed E-state index contributed by atoms with van der Waals surface area (Å²) in [5.41, 5.74) is 8.57. The number of amides is 1. The van der Waals surface area contributed by atoms with Gasteiger partial charge in [-0.2, -0.15) is 0 Å². The number of nitrogens with zero attached hydrogens (tertiary/aromatic N) is 2. The Labute approximate surface area is 163 Å². The lowest BCUT2D eigenvalue weighted by molar-refractivity contribution is -0.118. The number of nitrogens with one attached hydrogen (secondary N) is 1. The molecule has 0 aliphatic carbocycles. The third kappa shape index (κ3) is 4.77. The molecular formula is C19H23ClN4O3. The SMILES string of the molecule is COCC(N)C(=O)Nc1nc2ccccc2n1Cc1cccc(OC)c1.Cl. The van der Waals surface area contributed by atoms with Gasteiger partial charge in [-0.1, -0.05) is 24.3 Å². The maximum absolute atomic E-state index is 12.3. The summed E-state index contributed by atoms with van der Waals surface area (Å²) in [5, 5.41) is 2.81. The monoisotopic (exact) mass is 390 g/mol. The maximum atomic E-state index is 12.3. The Kier molecular flexibility index (Phi) is 7.18. The minimum Gasteiger partial charge on any atom is -0.497 e. The predicted molar refractivity (Wildman–Crippen MR) is 108 cm³/mol. The van der Waals surface area contributed by atoms with Crippen molar-refractivity contribution in [1.29, 1.82) is 0 Å². The fraction of sp³-hybridized carbons (Fsp3) is 0.263. The van der Waals surface area contributed by atoms with Gasteiger partial charge in [0.05, 0.1) is 31.3 Å². The molecule has 0 aliphatic heterocycles. The summed E-state index contributed by atoms with van der Waals surface area (Å²) in [7, 11) is 3.14. The fourth-order valence-corrected chi connectivity index (χ4v) is 2.74. The highest BCUT2D eigenvalue weighted by Crippen LogP contribution is 2.22. The van der Waals surface area contributed by atoms with Crippen molar-refractivity contribution in [3.63, 3.8) is 0 Å². The zero-order valence-corrected chi connectivity index (χ0v) is 16.0. The van der Waals surface area contributed by atoms with Gasteiger partial charge in [-0.25, -0.2) is 4.98 Å². The molecule has 1 aromatic heterocycles. The van der Waals surface area contributed by atoms with Gasteiger partial charge >= 0.3 is 0 Å². The number of anilines is 1. The quantitative estimate of drug-likeness (QED) is 0.646. The van der Waals surface area contributed by atoms with E-state index in [1.54, 1.807) is 7.11 Å². The number of hydrogen-bond acceptors (Lipinski definition) is 5. The van der Waals surface area contributed by atoms with Crippen LogP contribution in [0.4, 0.5) is 5.95 Å². The van der Waals surface area contributed by atoms with Crippen LogP contribution in [-0.4, -0.2) is 42.3 Å². The van der Waals surface area contributed by atoms with E-state index in [0.717, 1.165) is 22.3 Å². The second-order valence-corrected chi connectivity index (χ2v) is 5.91. The lowest BCUT2D eigenvalue weighted by atomic mass is 10.2. The van der Waals surface area contributed by atoms with Crippen molar-refractivity contribution in [2.24, 2.45) is 5.73 Å². The molecule has 3 rings (SSSR count). The summed E-state index contributed by atoms with van der Waals surface area (Å²) in [6, 6.07) is 14.7. The highest BCUT2D eigenvalue weighted by molar-refractivity contribution is 5.95. The minimum atomic E-state index is -0.759. The van der Waals surface area contributed by atoms with Crippen molar-refractivity contribution in [1.82, 2.24) is 9.55 Å². The van der Waals surface area contributed by atoms with Crippen LogP contribution in [0.25, 0.3) is 11.0 Å². The third-order valence-electron chi connectivity index (χ3n) is 4.05. The molecule has 8 heteroatoms. The number of fused-ring (bicyclic) bond motifs is 1. The predicted octanol–water partition coefficient (Wildman–Crippen LogP) is 2.43. The van der Waals surface area contributed by atoms with Crippen molar-refractivity contribution in [3.8, 4) is 5.75 Å². The highest BCUT2D eigenvalue weighted by atomic mass is 35.5. The van der Waals surface area contributed by atoms with Crippen LogP contribution in [0.2, 0.25) is 0 Å². The number of para-hydroxylation sites is 2. The summed E-state index contributed by atoms with van der Waals surface area (Å²) in [4.78, 5) is 16.8. The first-order valence-corrected chi connectivity index (χ1v) is 8.26. The Morgan fingerprint density at radius 2 is 2.00 bits per heavy atom. The van der Waals surface area contributed by atoms with Crippen LogP contribution in [0.1, 0.15) is 5.56 Å². The van der Waals surface area contributed by atoms with E-state index >= 15 is 0 Å². The van der Waals surface area contributed by atoms with E-state index in [-0.39, 0.29) is 24.9 Å². The van der Waals surface area contributed by atoms with Crippen LogP contribution < -0.4 is 15.8 Å². The van der Waals surface area contributed by atoms with Gasteiger partial charge in [0.2, 0.25) is 11.9 Å². The molecule has 0 bridgehead atoms. The lowest BCUT2D eigenvalue weighted by Crippen LogP contribution is -2.39. The zero-order chi connectivity index (χ0) is 18.5. The molecule has 3 N–H and O–H groups in total. The normalized spacial score (nSPS) is 11.7. The van der Waals surface area contributed by atoms with Crippen molar-refractivity contribution >= 4 is 35.3 Å². The van der Waals surface area contributed by atoms with Gasteiger partial charge in [0.1, 0.15) is 11.8 Å². The van der Waals surface area contributed by atoms with Gasteiger partial charge in [-0.15, -0.1) is 12.4 Å². The standard InChI is InChI=1S/C19H22N4O3.ClH/c1-25-12-15(20)18(24)22-19-21-16-8-3-4-9-17(16)23(19)11-13-6-5-7-14(10-13)26-2;/h3-10,15H,11-12,20H2,1-2H3,(H,21,22,24);1H. The summed E-state index contributed by atoms with van der Waals surface area (Å²) >= 11 is 0. The number of rotatable bonds is 7. The number of imidazole rings is 1. The first-order chi connectivity index (χ1) is 12.6. The Morgan fingerprint density at radius 3 is 2.74 bits per heavy atom. The van der Waals surface area contributed by atoms with Crippen LogP contribution in [0.3, 0.4) is 0 Å². The van der Waals surface area contributed by atoms with Crippen molar-refractivity contribution < 1.29 is 14.3 Å². The van der Waals surface area contributed by atoms with E-state index < -0.39 is 6.04 Å². The van der Waals surface area contributed by atoms with Gasteiger partial charge in [0.15, 0.2) is 0 Å². The molecule has 1 atom stereocenters. The summed E-state index contributed by atoms with van der Waals surface area (Å²) in [6.45, 7) is 0.675. The van der Waals surface area contributed by atoms with Crippen LogP contribution in [0.15, 0.2) is 48.5 Å². The van der Waals surface area contributed by atoms with E-state index in [2.05, 4.69) is 10.3 Å². The van der Waals surface area contributed by atoms with Gasteiger partial charge in [-0.05, 0) is 29.8 Å². The number of carbonyl (C=O) groups is 1. The molecule has 1 heterocycles. The smallest absolute Gasteiger partial charge is 0.245 e. The van der Waals surface area contributed by atoms with Crippen molar-refractivity contribution in [2.75, 3.05) is 26.1 Å². The fourth-order valence-electron chi connectivity index (χ4n) is 2.74. The number of nitrogens with two attached hydrogens (primary N) is 1. The summed E-state index contributed by atoms with van der Waals surface area (Å²) in [6.07, 6.45) is 0. The van der Waals surface area contributed by atoms with Gasteiger partial charge < -0.3 is 19.8 Å². The van der Waals surface area contributed by atoms with Crippen LogP contribution >= 0.6 is 12.4 Å². The Hall–Kier alpha value is -2.61. The van der Waals surface area contributed by atoms with Crippen molar-refractivity contribution in [3.05, 3.63) is 54.1 Å². The summed E-state index contributed by atoms with van der Waals surface area (Å²) < 4.78 is 12.2. The molecule has 0 spiro atoms. The Balaban J connectivity index is 0.00000261. The third-order valence-corrected chi connectivity index (χ3v) is 4.05. The van der Waals surface area contributed by atoms with Crippen molar-refractivity contribution in [2.45, 2.75) is 12.6 Å². The number of carbonyl (C=O) groups excluding carboxylic acids is 1. The number of aromatic nitrogens is 2. The molecule has 0 fully saturated rings. The van der Waals surface area contributed by atoms with Crippen LogP contribution in [-0.2, 0) is 16.1 Å². The molecule has 1 amide bonds. The maximum Gasteiger partial charge on any atom is 0.245 e. The molecule has 144 valence electrons. The number of ether oxygens (including phenoxy) is 2. The van der Waals surface area contributed by atoms with E-state index in [0.29, 0.717) is 12.5 Å². The lowest BCUT2D eigenvalue weighted by Gasteiger charge is -2.13. The van der Waals surface area contributed by atoms with Gasteiger partial charge in [0.25, 0.3) is 0 Å². The second kappa shape index (κ2) is 9.36. The van der Waals surface area contributed by atoms with E-state index in [9.17, 15) is 4.79 Å². The molecule has 1 unspecified atom stereocenters. The largest absolute Gasteiger partial charge is 0.497 e. The Bertz CT molecular complexity index is 913. The molecule has 27 heavy (non-hydrogen) atoms. The molecule has 0 radical (unpaired) electrons. The molecular weight excluding hydrogens is 368 g/mol. The number of hydrogen-bond donors (Lipinski definition) is 2. The first-order valence-electron chi connectivity index (χ1n) is 8.26. The van der Waals surface area contributed by atoms with E-state index in [1.807, 2.05) is 53.1 Å². The highest BCUT2D eigenvalue weighted by Gasteiger charge is 2.18. The summed E-state index contributed by atoms with van der Waals surface area (Å²) in [5.74, 6) is 0.888. The molecule has 0 aliphatic rings. The molecule has 0 saturated carbocycles. The Morgan fingerprint density at radius 1 is 1.22 bits per heavy atom. The molecule has 7 nitrogen and oxygen atoms in total. The number of methoxy groups -OCH3 is 2. The number of benzene rings is 2. The van der Waals surface area contributed by atoms with E-state index in [4.69, 9.17) is 15.2 Å². The van der Waals surface area contributed by atoms with Gasteiger partial charge in [0, 0.05) is 7.11 Å². The molecule has 2 aromatic carbocycles. The van der Waals surface area contributed by atoms with Gasteiger partial charge in [-0.3, -0.25) is 10.1 Å². The molecule has 0 saturated heterocycles.